The standard InChI is InChI=1S/C21H26N2O3S3/c1-16-6-12-20(13-7-16)29(25,26)23-18-10-8-17(9-11-18)22-21(24)5-3-2-4-19-14-15-27-28-19/h6-13,19,23H,2-5,14-15H2,1H3,(H,22,24). The monoisotopic (exact) mass is 450 g/mol. The van der Waals surface area contributed by atoms with Crippen LogP contribution in [-0.4, -0.2) is 25.3 Å². The molecule has 2 aromatic rings. The van der Waals surface area contributed by atoms with Gasteiger partial charge in [-0.05, 0) is 62.6 Å². The number of benzene rings is 2. The Hall–Kier alpha value is -1.64. The fourth-order valence-corrected chi connectivity index (χ4v) is 7.08. The zero-order valence-electron chi connectivity index (χ0n) is 16.4. The van der Waals surface area contributed by atoms with Crippen molar-refractivity contribution in [3.05, 3.63) is 54.1 Å². The van der Waals surface area contributed by atoms with Gasteiger partial charge in [0.05, 0.1) is 4.90 Å². The Morgan fingerprint density at radius 3 is 2.38 bits per heavy atom. The second-order valence-electron chi connectivity index (χ2n) is 7.12. The highest BCUT2D eigenvalue weighted by Gasteiger charge is 2.16. The molecule has 1 aliphatic rings. The summed E-state index contributed by atoms with van der Waals surface area (Å²) in [7, 11) is 0.293. The normalized spacial score (nSPS) is 16.5. The fourth-order valence-electron chi connectivity index (χ4n) is 3.00. The minimum absolute atomic E-state index is 0.00793. The molecule has 0 saturated carbocycles. The summed E-state index contributed by atoms with van der Waals surface area (Å²) in [5.74, 6) is 1.24. The van der Waals surface area contributed by atoms with Crippen molar-refractivity contribution in [3.8, 4) is 0 Å². The van der Waals surface area contributed by atoms with Crippen LogP contribution >= 0.6 is 21.6 Å². The Labute approximate surface area is 180 Å². The van der Waals surface area contributed by atoms with Crippen LogP contribution in [0.15, 0.2) is 53.4 Å². The van der Waals surface area contributed by atoms with Gasteiger partial charge in [-0.2, -0.15) is 0 Å². The molecule has 0 radical (unpaired) electrons. The van der Waals surface area contributed by atoms with Gasteiger partial charge in [0, 0.05) is 28.8 Å². The van der Waals surface area contributed by atoms with Crippen molar-refractivity contribution in [1.82, 2.24) is 0 Å². The molecule has 29 heavy (non-hydrogen) atoms. The van der Waals surface area contributed by atoms with Crippen LogP contribution in [0.25, 0.3) is 0 Å². The lowest BCUT2D eigenvalue weighted by Crippen LogP contribution is -2.13. The molecule has 156 valence electrons. The van der Waals surface area contributed by atoms with Crippen molar-refractivity contribution < 1.29 is 13.2 Å². The van der Waals surface area contributed by atoms with Gasteiger partial charge in [-0.1, -0.05) is 45.7 Å². The summed E-state index contributed by atoms with van der Waals surface area (Å²) < 4.78 is 27.4. The third kappa shape index (κ3) is 6.97. The molecule has 0 aromatic heterocycles. The van der Waals surface area contributed by atoms with Crippen molar-refractivity contribution in [2.24, 2.45) is 0 Å². The molecule has 1 saturated heterocycles. The lowest BCUT2D eigenvalue weighted by molar-refractivity contribution is -0.116. The van der Waals surface area contributed by atoms with E-state index in [-0.39, 0.29) is 10.8 Å². The average molecular weight is 451 g/mol. The van der Waals surface area contributed by atoms with Crippen LogP contribution in [0, 0.1) is 6.92 Å². The number of aryl methyl sites for hydroxylation is 1. The fraction of sp³-hybridized carbons (Fsp3) is 0.381. The first-order chi connectivity index (χ1) is 13.9. The van der Waals surface area contributed by atoms with Crippen LogP contribution < -0.4 is 10.0 Å². The van der Waals surface area contributed by atoms with E-state index in [1.165, 1.54) is 18.6 Å². The highest BCUT2D eigenvalue weighted by molar-refractivity contribution is 8.77. The van der Waals surface area contributed by atoms with E-state index in [1.54, 1.807) is 48.5 Å². The molecule has 0 aliphatic carbocycles. The molecule has 1 atom stereocenters. The molecule has 0 spiro atoms. The van der Waals surface area contributed by atoms with Crippen molar-refractivity contribution in [1.29, 1.82) is 0 Å². The molecule has 2 N–H and O–H groups in total. The number of rotatable bonds is 9. The zero-order chi connectivity index (χ0) is 20.7. The molecular formula is C21H26N2O3S3. The number of sulfonamides is 1. The summed E-state index contributed by atoms with van der Waals surface area (Å²) in [5.41, 5.74) is 2.12. The Kier molecular flexibility index (Phi) is 7.91. The third-order valence-corrected chi connectivity index (χ3v) is 9.06. The van der Waals surface area contributed by atoms with E-state index in [0.29, 0.717) is 17.8 Å². The smallest absolute Gasteiger partial charge is 0.261 e. The van der Waals surface area contributed by atoms with Crippen LogP contribution in [0.1, 0.15) is 37.7 Å². The maximum absolute atomic E-state index is 12.4. The Morgan fingerprint density at radius 2 is 1.72 bits per heavy atom. The highest BCUT2D eigenvalue weighted by atomic mass is 33.1. The van der Waals surface area contributed by atoms with Gasteiger partial charge in [-0.15, -0.1) is 0 Å². The maximum Gasteiger partial charge on any atom is 0.261 e. The molecular weight excluding hydrogens is 424 g/mol. The van der Waals surface area contributed by atoms with Crippen molar-refractivity contribution in [2.75, 3.05) is 15.8 Å². The number of nitrogens with one attached hydrogen (secondary N) is 2. The summed E-state index contributed by atoms with van der Waals surface area (Å²) in [6, 6.07) is 13.4. The number of hydrogen-bond acceptors (Lipinski definition) is 5. The van der Waals surface area contributed by atoms with Crippen LogP contribution in [0.5, 0.6) is 0 Å². The molecule has 5 nitrogen and oxygen atoms in total. The second kappa shape index (κ2) is 10.4. The number of carbonyl (C=O) groups is 1. The van der Waals surface area contributed by atoms with Crippen molar-refractivity contribution in [3.63, 3.8) is 0 Å². The van der Waals surface area contributed by atoms with Gasteiger partial charge >= 0.3 is 0 Å². The minimum Gasteiger partial charge on any atom is -0.326 e. The number of anilines is 2. The van der Waals surface area contributed by atoms with E-state index in [4.69, 9.17) is 0 Å². The van der Waals surface area contributed by atoms with Gasteiger partial charge in [0.25, 0.3) is 10.0 Å². The number of amides is 1. The van der Waals surface area contributed by atoms with Gasteiger partial charge in [0.15, 0.2) is 0 Å². The Bertz CT molecular complexity index is 907. The first-order valence-electron chi connectivity index (χ1n) is 9.70. The van der Waals surface area contributed by atoms with Crippen molar-refractivity contribution >= 4 is 48.9 Å². The Balaban J connectivity index is 1.45. The Morgan fingerprint density at radius 1 is 1.03 bits per heavy atom. The number of unbranched alkanes of at least 4 members (excludes halogenated alkanes) is 1. The highest BCUT2D eigenvalue weighted by Crippen LogP contribution is 2.39. The van der Waals surface area contributed by atoms with E-state index < -0.39 is 10.0 Å². The average Bonchev–Trinajstić information content (AvgIpc) is 3.20. The van der Waals surface area contributed by atoms with Crippen LogP contribution in [-0.2, 0) is 14.8 Å². The maximum atomic E-state index is 12.4. The molecule has 3 rings (SSSR count). The molecule has 2 aromatic carbocycles. The van der Waals surface area contributed by atoms with Crippen LogP contribution in [0.4, 0.5) is 11.4 Å². The van der Waals surface area contributed by atoms with E-state index >= 15 is 0 Å². The predicted molar refractivity (Wildman–Crippen MR) is 124 cm³/mol. The van der Waals surface area contributed by atoms with E-state index in [1.807, 2.05) is 28.5 Å². The third-order valence-electron chi connectivity index (χ3n) is 4.66. The van der Waals surface area contributed by atoms with Gasteiger partial charge in [0.2, 0.25) is 5.91 Å². The predicted octanol–water partition coefficient (Wildman–Crippen LogP) is 5.45. The lowest BCUT2D eigenvalue weighted by atomic mass is 10.1. The first-order valence-corrected chi connectivity index (χ1v) is 13.6. The lowest BCUT2D eigenvalue weighted by Gasteiger charge is -2.10. The molecule has 8 heteroatoms. The first kappa shape index (κ1) is 22.1. The van der Waals surface area contributed by atoms with Gasteiger partial charge in [-0.25, -0.2) is 8.42 Å². The van der Waals surface area contributed by atoms with E-state index in [9.17, 15) is 13.2 Å². The topological polar surface area (TPSA) is 75.3 Å². The molecule has 0 bridgehead atoms. The van der Waals surface area contributed by atoms with Gasteiger partial charge in [-0.3, -0.25) is 9.52 Å². The summed E-state index contributed by atoms with van der Waals surface area (Å²) >= 11 is 0. The summed E-state index contributed by atoms with van der Waals surface area (Å²) in [6.45, 7) is 1.91. The minimum atomic E-state index is -3.63. The molecule has 1 heterocycles. The quantitative estimate of drug-likeness (QED) is 0.392. The van der Waals surface area contributed by atoms with E-state index in [2.05, 4.69) is 10.0 Å². The SMILES string of the molecule is Cc1ccc(S(=O)(=O)Nc2ccc(NC(=O)CCCCC3CCSS3)cc2)cc1. The van der Waals surface area contributed by atoms with E-state index in [0.717, 1.165) is 23.7 Å². The summed E-state index contributed by atoms with van der Waals surface area (Å²) in [4.78, 5) is 12.3. The molecule has 1 aliphatic heterocycles. The summed E-state index contributed by atoms with van der Waals surface area (Å²) in [6.07, 6.45) is 4.93. The largest absolute Gasteiger partial charge is 0.326 e. The molecule has 1 unspecified atom stereocenters. The van der Waals surface area contributed by atoms with Gasteiger partial charge < -0.3 is 5.32 Å². The number of hydrogen-bond donors (Lipinski definition) is 2. The van der Waals surface area contributed by atoms with Crippen molar-refractivity contribution in [2.45, 2.75) is 49.2 Å². The van der Waals surface area contributed by atoms with Crippen LogP contribution in [0.2, 0.25) is 0 Å². The molecule has 1 fully saturated rings. The van der Waals surface area contributed by atoms with Crippen LogP contribution in [0.3, 0.4) is 0 Å². The second-order valence-corrected chi connectivity index (χ2v) is 11.6. The number of carbonyl (C=O) groups excluding carboxylic acids is 1. The summed E-state index contributed by atoms with van der Waals surface area (Å²) in [5, 5.41) is 3.62. The zero-order valence-corrected chi connectivity index (χ0v) is 18.8. The van der Waals surface area contributed by atoms with Gasteiger partial charge in [0.1, 0.15) is 0 Å². The molecule has 1 amide bonds.